The second-order valence-electron chi connectivity index (χ2n) is 2.79. The van der Waals surface area contributed by atoms with Gasteiger partial charge in [0, 0.05) is 16.8 Å². The Morgan fingerprint density at radius 2 is 2.00 bits per heavy atom. The first-order valence-electron chi connectivity index (χ1n) is 3.29. The highest BCUT2D eigenvalue weighted by Gasteiger charge is 2.31. The van der Waals surface area contributed by atoms with Gasteiger partial charge in [-0.1, -0.05) is 20.4 Å². The predicted molar refractivity (Wildman–Crippen MR) is 40.2 cm³/mol. The van der Waals surface area contributed by atoms with Gasteiger partial charge in [0.05, 0.1) is 0 Å². The van der Waals surface area contributed by atoms with Crippen molar-refractivity contribution in [2.45, 2.75) is 13.8 Å². The molecule has 0 bridgehead atoms. The van der Waals surface area contributed by atoms with E-state index in [4.69, 9.17) is 5.73 Å². The van der Waals surface area contributed by atoms with Crippen LogP contribution in [-0.4, -0.2) is 5.78 Å². The monoisotopic (exact) mass is 137 g/mol. The maximum Gasteiger partial charge on any atom is 0.192 e. The highest BCUT2D eigenvalue weighted by molar-refractivity contribution is 6.19. The summed E-state index contributed by atoms with van der Waals surface area (Å²) in [6.07, 6.45) is 0. The van der Waals surface area contributed by atoms with E-state index in [1.54, 1.807) is 0 Å². The minimum absolute atomic E-state index is 0.0347. The van der Waals surface area contributed by atoms with Crippen molar-refractivity contribution >= 4 is 5.78 Å². The van der Waals surface area contributed by atoms with E-state index < -0.39 is 0 Å². The fourth-order valence-corrected chi connectivity index (χ4v) is 1.08. The van der Waals surface area contributed by atoms with Gasteiger partial charge >= 0.3 is 0 Å². The number of rotatable bonds is 1. The molecule has 0 amide bonds. The number of nitrogens with two attached hydrogens (primary N) is 1. The van der Waals surface area contributed by atoms with Crippen molar-refractivity contribution in [3.05, 3.63) is 23.4 Å². The molecular formula is C8H11NO. The summed E-state index contributed by atoms with van der Waals surface area (Å²) in [6.45, 7) is 7.42. The number of allylic oxidation sites excluding steroid dienone is 2. The van der Waals surface area contributed by atoms with Crippen LogP contribution in [0.1, 0.15) is 13.8 Å². The van der Waals surface area contributed by atoms with Gasteiger partial charge in [-0.3, -0.25) is 4.79 Å². The topological polar surface area (TPSA) is 43.1 Å². The SMILES string of the molecule is C=C1C(=O)C(C(C)C)=C1N. The number of carbonyl (C=O) groups is 1. The summed E-state index contributed by atoms with van der Waals surface area (Å²) in [5.74, 6) is 0.269. The van der Waals surface area contributed by atoms with Crippen molar-refractivity contribution in [1.82, 2.24) is 0 Å². The Bertz CT molecular complexity index is 236. The fourth-order valence-electron chi connectivity index (χ4n) is 1.08. The third-order valence-corrected chi connectivity index (χ3v) is 1.71. The van der Waals surface area contributed by atoms with Gasteiger partial charge in [-0.2, -0.15) is 0 Å². The van der Waals surface area contributed by atoms with Crippen molar-refractivity contribution in [2.75, 3.05) is 0 Å². The molecule has 0 heterocycles. The normalized spacial score (nSPS) is 18.3. The largest absolute Gasteiger partial charge is 0.398 e. The van der Waals surface area contributed by atoms with Crippen LogP contribution in [0.5, 0.6) is 0 Å². The molecule has 0 spiro atoms. The Balaban J connectivity index is 3.00. The second-order valence-corrected chi connectivity index (χ2v) is 2.79. The van der Waals surface area contributed by atoms with E-state index in [0.29, 0.717) is 11.3 Å². The first kappa shape index (κ1) is 7.06. The molecule has 54 valence electrons. The maximum atomic E-state index is 11.0. The molecule has 2 heteroatoms. The van der Waals surface area contributed by atoms with Crippen molar-refractivity contribution < 1.29 is 4.79 Å². The molecular weight excluding hydrogens is 126 g/mol. The molecule has 1 rings (SSSR count). The molecule has 2 N–H and O–H groups in total. The lowest BCUT2D eigenvalue weighted by atomic mass is 9.81. The Morgan fingerprint density at radius 3 is 2.20 bits per heavy atom. The molecule has 1 aliphatic carbocycles. The zero-order valence-corrected chi connectivity index (χ0v) is 6.27. The van der Waals surface area contributed by atoms with Gasteiger partial charge in [-0.05, 0) is 5.92 Å². The van der Waals surface area contributed by atoms with Crippen LogP contribution in [0.2, 0.25) is 0 Å². The highest BCUT2D eigenvalue weighted by atomic mass is 16.1. The highest BCUT2D eigenvalue weighted by Crippen LogP contribution is 2.29. The summed E-state index contributed by atoms with van der Waals surface area (Å²) in [5, 5.41) is 0. The average Bonchev–Trinajstić information content (AvgIpc) is 1.87. The van der Waals surface area contributed by atoms with E-state index in [1.165, 1.54) is 0 Å². The van der Waals surface area contributed by atoms with Crippen LogP contribution in [0, 0.1) is 5.92 Å². The van der Waals surface area contributed by atoms with Crippen LogP contribution in [0.4, 0.5) is 0 Å². The lowest BCUT2D eigenvalue weighted by molar-refractivity contribution is -0.113. The zero-order chi connectivity index (χ0) is 7.89. The van der Waals surface area contributed by atoms with Gasteiger partial charge in [0.1, 0.15) is 0 Å². The summed E-state index contributed by atoms with van der Waals surface area (Å²) in [4.78, 5) is 11.0. The van der Waals surface area contributed by atoms with Crippen LogP contribution in [0.3, 0.4) is 0 Å². The molecule has 0 radical (unpaired) electrons. The Labute approximate surface area is 60.4 Å². The molecule has 0 aromatic rings. The van der Waals surface area contributed by atoms with E-state index >= 15 is 0 Å². The molecule has 0 aromatic carbocycles. The predicted octanol–water partition coefficient (Wildman–Crippen LogP) is 0.994. The minimum atomic E-state index is 0.0347. The molecule has 0 saturated heterocycles. The van der Waals surface area contributed by atoms with Crippen LogP contribution in [-0.2, 0) is 4.79 Å². The van der Waals surface area contributed by atoms with Crippen molar-refractivity contribution in [3.63, 3.8) is 0 Å². The van der Waals surface area contributed by atoms with E-state index in [0.717, 1.165) is 5.57 Å². The first-order valence-corrected chi connectivity index (χ1v) is 3.29. The number of hydrogen-bond acceptors (Lipinski definition) is 2. The van der Waals surface area contributed by atoms with Crippen LogP contribution < -0.4 is 5.73 Å². The number of Topliss-reactive ketones (excluding diaryl/α,β-unsaturated/α-hetero) is 1. The Kier molecular flexibility index (Phi) is 1.39. The number of hydrogen-bond donors (Lipinski definition) is 1. The molecule has 0 aliphatic heterocycles. The van der Waals surface area contributed by atoms with Crippen molar-refractivity contribution in [1.29, 1.82) is 0 Å². The Morgan fingerprint density at radius 1 is 1.50 bits per heavy atom. The fraction of sp³-hybridized carbons (Fsp3) is 0.375. The van der Waals surface area contributed by atoms with Gasteiger partial charge in [0.15, 0.2) is 5.78 Å². The maximum absolute atomic E-state index is 11.0. The lowest BCUT2D eigenvalue weighted by Crippen LogP contribution is -2.29. The zero-order valence-electron chi connectivity index (χ0n) is 6.27. The summed E-state index contributed by atoms with van der Waals surface area (Å²) in [7, 11) is 0. The minimum Gasteiger partial charge on any atom is -0.398 e. The third-order valence-electron chi connectivity index (χ3n) is 1.71. The molecule has 0 atom stereocenters. The summed E-state index contributed by atoms with van der Waals surface area (Å²) in [5.41, 5.74) is 7.33. The van der Waals surface area contributed by atoms with Crippen LogP contribution in [0.25, 0.3) is 0 Å². The van der Waals surface area contributed by atoms with Gasteiger partial charge < -0.3 is 5.73 Å². The smallest absolute Gasteiger partial charge is 0.192 e. The van der Waals surface area contributed by atoms with E-state index in [9.17, 15) is 4.79 Å². The van der Waals surface area contributed by atoms with Gasteiger partial charge in [0.2, 0.25) is 0 Å². The van der Waals surface area contributed by atoms with Crippen molar-refractivity contribution in [2.24, 2.45) is 11.7 Å². The molecule has 0 saturated carbocycles. The Hall–Kier alpha value is -1.05. The summed E-state index contributed by atoms with van der Waals surface area (Å²) >= 11 is 0. The van der Waals surface area contributed by atoms with Crippen molar-refractivity contribution in [3.8, 4) is 0 Å². The molecule has 0 aromatic heterocycles. The quantitative estimate of drug-likeness (QED) is 0.548. The number of carbonyl (C=O) groups excluding carboxylic acids is 1. The summed E-state index contributed by atoms with van der Waals surface area (Å²) < 4.78 is 0. The summed E-state index contributed by atoms with van der Waals surface area (Å²) in [6, 6.07) is 0. The molecule has 10 heavy (non-hydrogen) atoms. The van der Waals surface area contributed by atoms with Crippen LogP contribution >= 0.6 is 0 Å². The molecule has 0 unspecified atom stereocenters. The van der Waals surface area contributed by atoms with Gasteiger partial charge in [-0.25, -0.2) is 0 Å². The van der Waals surface area contributed by atoms with Gasteiger partial charge in [0.25, 0.3) is 0 Å². The van der Waals surface area contributed by atoms with E-state index in [2.05, 4.69) is 6.58 Å². The molecule has 0 fully saturated rings. The third kappa shape index (κ3) is 0.685. The first-order chi connectivity index (χ1) is 4.55. The van der Waals surface area contributed by atoms with Gasteiger partial charge in [-0.15, -0.1) is 0 Å². The standard InChI is InChI=1S/C8H11NO/c1-4(2)6-7(9)5(3)8(6)10/h4H,3,9H2,1-2H3. The number of ketones is 1. The van der Waals surface area contributed by atoms with Crippen LogP contribution in [0.15, 0.2) is 23.4 Å². The molecule has 2 nitrogen and oxygen atoms in total. The lowest BCUT2D eigenvalue weighted by Gasteiger charge is -2.23. The molecule has 1 aliphatic rings. The van der Waals surface area contributed by atoms with E-state index in [1.807, 2.05) is 13.8 Å². The second kappa shape index (κ2) is 1.97. The van der Waals surface area contributed by atoms with E-state index in [-0.39, 0.29) is 11.7 Å². The average molecular weight is 137 g/mol.